The molecule has 3 aromatic rings. The molecule has 1 saturated heterocycles. The SMILES string of the molecule is COc1ccc2c(c1C#CCCN1CCN(C(=O)O)CC1)O/C(=C\c1n[nH]c3ccccc13)C2=O. The second-order valence-electron chi connectivity index (χ2n) is 8.28. The number of ether oxygens (including phenoxy) is 2. The average Bonchev–Trinajstić information content (AvgIpc) is 3.43. The van der Waals surface area contributed by atoms with Crippen molar-refractivity contribution >= 4 is 28.9 Å². The van der Waals surface area contributed by atoms with Crippen LogP contribution in [0.1, 0.15) is 28.0 Å². The van der Waals surface area contributed by atoms with Gasteiger partial charge in [0.15, 0.2) is 11.5 Å². The highest BCUT2D eigenvalue weighted by Gasteiger charge is 2.31. The summed E-state index contributed by atoms with van der Waals surface area (Å²) in [5.41, 5.74) is 2.47. The number of methoxy groups -OCH3 is 1. The zero-order valence-corrected chi connectivity index (χ0v) is 19.2. The first kappa shape index (κ1) is 22.5. The molecule has 5 rings (SSSR count). The largest absolute Gasteiger partial charge is 0.495 e. The van der Waals surface area contributed by atoms with Gasteiger partial charge in [0, 0.05) is 50.6 Å². The average molecular weight is 473 g/mol. The summed E-state index contributed by atoms with van der Waals surface area (Å²) in [5.74, 6) is 7.17. The first-order valence-corrected chi connectivity index (χ1v) is 11.3. The van der Waals surface area contributed by atoms with E-state index in [-0.39, 0.29) is 11.5 Å². The number of carbonyl (C=O) groups is 2. The lowest BCUT2D eigenvalue weighted by atomic mass is 10.0. The number of nitrogens with one attached hydrogen (secondary N) is 1. The third-order valence-electron chi connectivity index (χ3n) is 6.20. The van der Waals surface area contributed by atoms with E-state index in [9.17, 15) is 9.59 Å². The number of carbonyl (C=O) groups excluding carboxylic acids is 1. The molecule has 0 aliphatic carbocycles. The van der Waals surface area contributed by atoms with Gasteiger partial charge in [-0.1, -0.05) is 30.0 Å². The van der Waals surface area contributed by atoms with Gasteiger partial charge in [0.1, 0.15) is 11.3 Å². The molecule has 0 spiro atoms. The fourth-order valence-electron chi connectivity index (χ4n) is 4.27. The summed E-state index contributed by atoms with van der Waals surface area (Å²) in [4.78, 5) is 27.7. The second-order valence-corrected chi connectivity index (χ2v) is 8.28. The minimum absolute atomic E-state index is 0.185. The van der Waals surface area contributed by atoms with Crippen molar-refractivity contribution in [3.63, 3.8) is 0 Å². The molecule has 3 heterocycles. The summed E-state index contributed by atoms with van der Waals surface area (Å²) in [5, 5.41) is 17.2. The van der Waals surface area contributed by atoms with Crippen molar-refractivity contribution in [1.82, 2.24) is 20.0 Å². The van der Waals surface area contributed by atoms with E-state index in [2.05, 4.69) is 26.9 Å². The standard InChI is InChI=1S/C26H24N4O5/c1-34-22-10-9-19-24(31)23(16-21-17-6-2-3-8-20(17)27-28-21)35-25(19)18(22)7-4-5-11-29-12-14-30(15-13-29)26(32)33/h2-3,6,8-10,16H,5,11-15H2,1H3,(H,27,28)(H,32,33)/b23-16-. The van der Waals surface area contributed by atoms with Crippen LogP contribution in [0.4, 0.5) is 4.79 Å². The molecular weight excluding hydrogens is 448 g/mol. The summed E-state index contributed by atoms with van der Waals surface area (Å²) < 4.78 is 11.5. The monoisotopic (exact) mass is 472 g/mol. The minimum Gasteiger partial charge on any atom is -0.495 e. The van der Waals surface area contributed by atoms with Gasteiger partial charge >= 0.3 is 6.09 Å². The highest BCUT2D eigenvalue weighted by atomic mass is 16.5. The number of para-hydroxylation sites is 1. The summed E-state index contributed by atoms with van der Waals surface area (Å²) in [6.45, 7) is 3.10. The Morgan fingerprint density at radius 1 is 1.23 bits per heavy atom. The number of fused-ring (bicyclic) bond motifs is 2. The lowest BCUT2D eigenvalue weighted by Gasteiger charge is -2.32. The molecule has 2 aliphatic rings. The quantitative estimate of drug-likeness (QED) is 0.443. The van der Waals surface area contributed by atoms with Crippen LogP contribution in [0, 0.1) is 11.8 Å². The third-order valence-corrected chi connectivity index (χ3v) is 6.20. The molecule has 35 heavy (non-hydrogen) atoms. The highest BCUT2D eigenvalue weighted by Crippen LogP contribution is 2.39. The Balaban J connectivity index is 1.34. The van der Waals surface area contributed by atoms with Crippen molar-refractivity contribution in [3.8, 4) is 23.3 Å². The molecule has 2 aliphatic heterocycles. The zero-order chi connectivity index (χ0) is 24.4. The van der Waals surface area contributed by atoms with E-state index >= 15 is 0 Å². The van der Waals surface area contributed by atoms with Crippen molar-refractivity contribution in [2.45, 2.75) is 6.42 Å². The first-order chi connectivity index (χ1) is 17.0. The van der Waals surface area contributed by atoms with Gasteiger partial charge in [0.05, 0.1) is 23.9 Å². The third kappa shape index (κ3) is 4.44. The minimum atomic E-state index is -0.877. The van der Waals surface area contributed by atoms with Crippen molar-refractivity contribution < 1.29 is 24.2 Å². The number of allylic oxidation sites excluding steroid dienone is 1. The number of nitrogens with zero attached hydrogens (tertiary/aromatic N) is 3. The van der Waals surface area contributed by atoms with Gasteiger partial charge in [0.2, 0.25) is 5.78 Å². The summed E-state index contributed by atoms with van der Waals surface area (Å²) >= 11 is 0. The number of amides is 1. The molecule has 1 fully saturated rings. The fourth-order valence-corrected chi connectivity index (χ4v) is 4.27. The van der Waals surface area contributed by atoms with Crippen LogP contribution < -0.4 is 9.47 Å². The molecule has 0 radical (unpaired) electrons. The number of benzene rings is 2. The molecule has 0 atom stereocenters. The Labute approximate surface area is 201 Å². The van der Waals surface area contributed by atoms with Crippen molar-refractivity contribution in [2.24, 2.45) is 0 Å². The van der Waals surface area contributed by atoms with Crippen LogP contribution >= 0.6 is 0 Å². The maximum Gasteiger partial charge on any atom is 0.407 e. The maximum atomic E-state index is 13.0. The number of Topliss-reactive ketones (excluding diaryl/α,β-unsaturated/α-hetero) is 1. The van der Waals surface area contributed by atoms with Crippen LogP contribution in [0.25, 0.3) is 17.0 Å². The van der Waals surface area contributed by atoms with Crippen molar-refractivity contribution in [2.75, 3.05) is 39.8 Å². The summed E-state index contributed by atoms with van der Waals surface area (Å²) in [6.07, 6.45) is 1.36. The van der Waals surface area contributed by atoms with E-state index in [0.29, 0.717) is 60.9 Å². The van der Waals surface area contributed by atoms with Gasteiger partial charge in [0.25, 0.3) is 0 Å². The van der Waals surface area contributed by atoms with Crippen LogP contribution in [0.5, 0.6) is 11.5 Å². The van der Waals surface area contributed by atoms with E-state index in [1.165, 1.54) is 4.90 Å². The predicted molar refractivity (Wildman–Crippen MR) is 130 cm³/mol. The Kier molecular flexibility index (Phi) is 6.12. The van der Waals surface area contributed by atoms with Gasteiger partial charge in [-0.05, 0) is 18.2 Å². The molecular formula is C26H24N4O5. The van der Waals surface area contributed by atoms with E-state index in [1.54, 1.807) is 25.3 Å². The van der Waals surface area contributed by atoms with E-state index < -0.39 is 6.09 Å². The Hall–Kier alpha value is -4.29. The predicted octanol–water partition coefficient (Wildman–Crippen LogP) is 3.22. The van der Waals surface area contributed by atoms with Crippen LogP contribution in [0.2, 0.25) is 0 Å². The first-order valence-electron chi connectivity index (χ1n) is 11.3. The number of hydrogen-bond donors (Lipinski definition) is 2. The van der Waals surface area contributed by atoms with Crippen molar-refractivity contribution in [1.29, 1.82) is 0 Å². The van der Waals surface area contributed by atoms with Gasteiger partial charge < -0.3 is 19.5 Å². The number of H-pyrrole nitrogens is 1. The molecule has 9 nitrogen and oxygen atoms in total. The number of aromatic nitrogens is 2. The van der Waals surface area contributed by atoms with Gasteiger partial charge in [-0.15, -0.1) is 0 Å². The maximum absolute atomic E-state index is 13.0. The molecule has 2 aromatic carbocycles. The Bertz CT molecular complexity index is 1390. The fraction of sp³-hybridized carbons (Fsp3) is 0.269. The smallest absolute Gasteiger partial charge is 0.407 e. The number of ketones is 1. The van der Waals surface area contributed by atoms with Crippen LogP contribution in [-0.4, -0.2) is 76.8 Å². The second kappa shape index (κ2) is 9.52. The molecule has 1 aromatic heterocycles. The summed E-state index contributed by atoms with van der Waals surface area (Å²) in [7, 11) is 1.55. The van der Waals surface area contributed by atoms with Crippen LogP contribution in [0.15, 0.2) is 42.2 Å². The Morgan fingerprint density at radius 3 is 2.80 bits per heavy atom. The number of piperazine rings is 1. The zero-order valence-electron chi connectivity index (χ0n) is 19.2. The van der Waals surface area contributed by atoms with E-state index in [0.717, 1.165) is 17.4 Å². The van der Waals surface area contributed by atoms with Crippen molar-refractivity contribution in [3.05, 3.63) is 59.0 Å². The molecule has 2 N–H and O–H groups in total. The Morgan fingerprint density at radius 2 is 2.03 bits per heavy atom. The topological polar surface area (TPSA) is 108 Å². The number of hydrogen-bond acceptors (Lipinski definition) is 6. The van der Waals surface area contributed by atoms with E-state index in [1.807, 2.05) is 24.3 Å². The van der Waals surface area contributed by atoms with Gasteiger partial charge in [-0.2, -0.15) is 5.10 Å². The van der Waals surface area contributed by atoms with E-state index in [4.69, 9.17) is 14.6 Å². The normalized spacial score (nSPS) is 16.7. The highest BCUT2D eigenvalue weighted by molar-refractivity contribution is 6.15. The molecule has 178 valence electrons. The number of aromatic amines is 1. The lowest BCUT2D eigenvalue weighted by Crippen LogP contribution is -2.48. The van der Waals surface area contributed by atoms with Crippen LogP contribution in [-0.2, 0) is 0 Å². The summed E-state index contributed by atoms with van der Waals surface area (Å²) in [6, 6.07) is 11.1. The molecule has 9 heteroatoms. The lowest BCUT2D eigenvalue weighted by molar-refractivity contribution is 0.101. The molecule has 0 bridgehead atoms. The number of rotatable bonds is 4. The molecule has 1 amide bonds. The molecule has 0 saturated carbocycles. The molecule has 0 unspecified atom stereocenters. The number of carboxylic acid groups (broad SMARTS) is 1. The van der Waals surface area contributed by atoms with Gasteiger partial charge in [-0.25, -0.2) is 4.79 Å². The van der Waals surface area contributed by atoms with Gasteiger partial charge in [-0.3, -0.25) is 14.8 Å². The van der Waals surface area contributed by atoms with Crippen LogP contribution in [0.3, 0.4) is 0 Å².